The van der Waals surface area contributed by atoms with Crippen LogP contribution in [0.2, 0.25) is 0 Å². The molecule has 1 aliphatic heterocycles. The number of rotatable bonds is 6. The molecular weight excluding hydrogens is 390 g/mol. The highest BCUT2D eigenvalue weighted by molar-refractivity contribution is 5.94. The van der Waals surface area contributed by atoms with Crippen molar-refractivity contribution in [3.8, 4) is 0 Å². The van der Waals surface area contributed by atoms with Crippen molar-refractivity contribution in [2.45, 2.75) is 51.5 Å². The van der Waals surface area contributed by atoms with Crippen molar-refractivity contribution in [2.24, 2.45) is 0 Å². The van der Waals surface area contributed by atoms with Gasteiger partial charge in [0.2, 0.25) is 5.91 Å². The molecule has 4 rings (SSSR count). The van der Waals surface area contributed by atoms with Crippen LogP contribution in [-0.2, 0) is 4.79 Å². The molecule has 2 aliphatic rings. The van der Waals surface area contributed by atoms with Crippen molar-refractivity contribution >= 4 is 17.6 Å². The lowest BCUT2D eigenvalue weighted by Crippen LogP contribution is -2.50. The van der Waals surface area contributed by atoms with E-state index in [1.54, 1.807) is 6.20 Å². The minimum atomic E-state index is -0.0243. The average Bonchev–Trinajstić information content (AvgIpc) is 3.45. The average molecular weight is 424 g/mol. The monoisotopic (exact) mass is 423 g/mol. The van der Waals surface area contributed by atoms with Crippen molar-refractivity contribution in [2.75, 3.05) is 38.0 Å². The highest BCUT2D eigenvalue weighted by atomic mass is 16.2. The van der Waals surface area contributed by atoms with E-state index in [2.05, 4.69) is 29.2 Å². The molecule has 1 N–H and O–H groups in total. The number of benzene rings is 1. The molecule has 0 unspecified atom stereocenters. The van der Waals surface area contributed by atoms with Crippen LogP contribution in [0.15, 0.2) is 36.5 Å². The zero-order valence-corrected chi connectivity index (χ0v) is 18.6. The predicted octanol–water partition coefficient (Wildman–Crippen LogP) is 3.52. The van der Waals surface area contributed by atoms with Gasteiger partial charge in [-0.15, -0.1) is 0 Å². The third-order valence-corrected chi connectivity index (χ3v) is 6.46. The van der Waals surface area contributed by atoms with Crippen LogP contribution in [0.3, 0.4) is 0 Å². The van der Waals surface area contributed by atoms with E-state index >= 15 is 0 Å². The summed E-state index contributed by atoms with van der Waals surface area (Å²) < 4.78 is 1.96. The van der Waals surface area contributed by atoms with Gasteiger partial charge in [-0.2, -0.15) is 5.10 Å². The summed E-state index contributed by atoms with van der Waals surface area (Å²) in [5.74, 6) is 1.29. The van der Waals surface area contributed by atoms with Crippen LogP contribution in [0.5, 0.6) is 0 Å². The van der Waals surface area contributed by atoms with Gasteiger partial charge in [0.1, 0.15) is 5.82 Å². The maximum Gasteiger partial charge on any atom is 0.253 e. The number of aromatic nitrogens is 2. The third kappa shape index (κ3) is 5.15. The molecule has 0 spiro atoms. The molecule has 7 nitrogen and oxygen atoms in total. The quantitative estimate of drug-likeness (QED) is 0.772. The largest absolute Gasteiger partial charge is 0.336 e. The van der Waals surface area contributed by atoms with E-state index in [9.17, 15) is 9.59 Å². The maximum atomic E-state index is 12.8. The summed E-state index contributed by atoms with van der Waals surface area (Å²) in [7, 11) is 0. The molecular formula is C24H33N5O2. The molecule has 0 bridgehead atoms. The van der Waals surface area contributed by atoms with E-state index < -0.39 is 0 Å². The molecule has 1 saturated heterocycles. The number of hydrogen-bond donors (Lipinski definition) is 1. The van der Waals surface area contributed by atoms with Gasteiger partial charge in [0.15, 0.2) is 0 Å². The van der Waals surface area contributed by atoms with Gasteiger partial charge < -0.3 is 10.2 Å². The standard InChI is InChI=1S/C24H33N5O2/c1-18(2)19-7-9-20(10-8-19)24(31)28-15-13-27(14-16-28)17-23(30)26-22-11-12-25-29(22)21-5-3-4-6-21/h7-12,18,21H,3-6,13-17H2,1-2H3,(H,26,30). The first-order chi connectivity index (χ1) is 15.0. The van der Waals surface area contributed by atoms with Gasteiger partial charge in [0, 0.05) is 37.8 Å². The Morgan fingerprint density at radius 1 is 1.03 bits per heavy atom. The molecule has 0 radical (unpaired) electrons. The maximum absolute atomic E-state index is 12.8. The first-order valence-electron chi connectivity index (χ1n) is 11.5. The Bertz CT molecular complexity index is 891. The molecule has 1 aromatic heterocycles. The van der Waals surface area contributed by atoms with Gasteiger partial charge in [-0.3, -0.25) is 14.5 Å². The number of nitrogens with one attached hydrogen (secondary N) is 1. The molecule has 2 amide bonds. The molecule has 31 heavy (non-hydrogen) atoms. The summed E-state index contributed by atoms with van der Waals surface area (Å²) in [6, 6.07) is 10.2. The summed E-state index contributed by atoms with van der Waals surface area (Å²) in [5, 5.41) is 7.44. The lowest BCUT2D eigenvalue weighted by Gasteiger charge is -2.34. The fourth-order valence-electron chi connectivity index (χ4n) is 4.54. The molecule has 1 aliphatic carbocycles. The van der Waals surface area contributed by atoms with Gasteiger partial charge in [0.25, 0.3) is 5.91 Å². The fourth-order valence-corrected chi connectivity index (χ4v) is 4.54. The lowest BCUT2D eigenvalue weighted by molar-refractivity contribution is -0.117. The lowest BCUT2D eigenvalue weighted by atomic mass is 10.0. The number of piperazine rings is 1. The Labute approximate surface area is 184 Å². The Hall–Kier alpha value is -2.67. The van der Waals surface area contributed by atoms with Crippen molar-refractivity contribution in [3.05, 3.63) is 47.7 Å². The van der Waals surface area contributed by atoms with Crippen LogP contribution in [0, 0.1) is 0 Å². The van der Waals surface area contributed by atoms with E-state index in [0.717, 1.165) is 24.2 Å². The van der Waals surface area contributed by atoms with Crippen LogP contribution in [0.4, 0.5) is 5.82 Å². The van der Waals surface area contributed by atoms with E-state index in [-0.39, 0.29) is 11.8 Å². The predicted molar refractivity (Wildman–Crippen MR) is 121 cm³/mol. The van der Waals surface area contributed by atoms with Crippen LogP contribution in [0.25, 0.3) is 0 Å². The Morgan fingerprint density at radius 3 is 2.35 bits per heavy atom. The highest BCUT2D eigenvalue weighted by Crippen LogP contribution is 2.31. The number of amides is 2. The van der Waals surface area contributed by atoms with Crippen LogP contribution in [-0.4, -0.2) is 64.1 Å². The van der Waals surface area contributed by atoms with E-state index in [1.807, 2.05) is 39.9 Å². The molecule has 0 atom stereocenters. The second-order valence-electron chi connectivity index (χ2n) is 8.99. The fraction of sp³-hybridized carbons (Fsp3) is 0.542. The van der Waals surface area contributed by atoms with Gasteiger partial charge in [-0.1, -0.05) is 38.8 Å². The molecule has 7 heteroatoms. The van der Waals surface area contributed by atoms with Crippen molar-refractivity contribution in [1.82, 2.24) is 19.6 Å². The summed E-state index contributed by atoms with van der Waals surface area (Å²) >= 11 is 0. The normalized spacial score (nSPS) is 18.0. The van der Waals surface area contributed by atoms with Crippen molar-refractivity contribution in [3.63, 3.8) is 0 Å². The van der Waals surface area contributed by atoms with Gasteiger partial charge >= 0.3 is 0 Å². The van der Waals surface area contributed by atoms with E-state index in [1.165, 1.54) is 18.4 Å². The van der Waals surface area contributed by atoms with Crippen LogP contribution in [0.1, 0.15) is 67.4 Å². The summed E-state index contributed by atoms with van der Waals surface area (Å²) in [5.41, 5.74) is 1.97. The molecule has 2 aromatic rings. The first-order valence-corrected chi connectivity index (χ1v) is 11.5. The molecule has 1 aromatic carbocycles. The zero-order chi connectivity index (χ0) is 21.8. The first kappa shape index (κ1) is 21.6. The van der Waals surface area contributed by atoms with Crippen LogP contribution >= 0.6 is 0 Å². The van der Waals surface area contributed by atoms with Crippen LogP contribution < -0.4 is 5.32 Å². The second kappa shape index (κ2) is 9.64. The number of carbonyl (C=O) groups is 2. The Kier molecular flexibility index (Phi) is 6.70. The Balaban J connectivity index is 1.26. The molecule has 2 fully saturated rings. The minimum Gasteiger partial charge on any atom is -0.336 e. The molecule has 166 valence electrons. The number of carbonyl (C=O) groups excluding carboxylic acids is 2. The number of anilines is 1. The Morgan fingerprint density at radius 2 is 1.71 bits per heavy atom. The smallest absolute Gasteiger partial charge is 0.253 e. The van der Waals surface area contributed by atoms with Gasteiger partial charge in [-0.05, 0) is 36.5 Å². The van der Waals surface area contributed by atoms with Crippen molar-refractivity contribution in [1.29, 1.82) is 0 Å². The topological polar surface area (TPSA) is 70.5 Å². The molecule has 1 saturated carbocycles. The third-order valence-electron chi connectivity index (χ3n) is 6.46. The number of nitrogens with zero attached hydrogens (tertiary/aromatic N) is 4. The van der Waals surface area contributed by atoms with Crippen molar-refractivity contribution < 1.29 is 9.59 Å². The highest BCUT2D eigenvalue weighted by Gasteiger charge is 2.24. The summed E-state index contributed by atoms with van der Waals surface area (Å²) in [4.78, 5) is 29.4. The number of hydrogen-bond acceptors (Lipinski definition) is 4. The van der Waals surface area contributed by atoms with Gasteiger partial charge in [0.05, 0.1) is 18.8 Å². The zero-order valence-electron chi connectivity index (χ0n) is 18.6. The summed E-state index contributed by atoms with van der Waals surface area (Å²) in [6.45, 7) is 7.30. The summed E-state index contributed by atoms with van der Waals surface area (Å²) in [6.07, 6.45) is 6.46. The second-order valence-corrected chi connectivity index (χ2v) is 8.99. The van der Waals surface area contributed by atoms with E-state index in [0.29, 0.717) is 44.7 Å². The van der Waals surface area contributed by atoms with E-state index in [4.69, 9.17) is 0 Å². The van der Waals surface area contributed by atoms with Gasteiger partial charge in [-0.25, -0.2) is 4.68 Å². The SMILES string of the molecule is CC(C)c1ccc(C(=O)N2CCN(CC(=O)Nc3ccnn3C3CCCC3)CC2)cc1. The minimum absolute atomic E-state index is 0.0243. The molecule has 2 heterocycles.